The summed E-state index contributed by atoms with van der Waals surface area (Å²) in [4.78, 5) is 10.2. The van der Waals surface area contributed by atoms with Crippen LogP contribution in [0.3, 0.4) is 0 Å². The lowest BCUT2D eigenvalue weighted by Gasteiger charge is -2.12. The fourth-order valence-corrected chi connectivity index (χ4v) is 2.94. The minimum atomic E-state index is -1.45. The lowest BCUT2D eigenvalue weighted by Crippen LogP contribution is -2.31. The Labute approximate surface area is 183 Å². The van der Waals surface area contributed by atoms with Crippen molar-refractivity contribution in [2.45, 2.75) is 46.8 Å². The number of nitrogens with zero attached hydrogens (tertiary/aromatic N) is 1. The summed E-state index contributed by atoms with van der Waals surface area (Å²) >= 11 is 0. The van der Waals surface area contributed by atoms with Crippen LogP contribution < -0.4 is 10.2 Å². The fourth-order valence-electron chi connectivity index (χ4n) is 2.94. The molecule has 1 heterocycles. The minimum absolute atomic E-state index is 0.118. The summed E-state index contributed by atoms with van der Waals surface area (Å²) in [7, 11) is -1.45. The molecule has 1 aliphatic heterocycles. The molecule has 0 bridgehead atoms. The van der Waals surface area contributed by atoms with Crippen molar-refractivity contribution < 1.29 is 28.5 Å². The third-order valence-electron chi connectivity index (χ3n) is 4.17. The quantitative estimate of drug-likeness (QED) is 0.278. The average molecular weight is 435 g/mol. The van der Waals surface area contributed by atoms with Gasteiger partial charge in [-0.15, -0.1) is 0 Å². The van der Waals surface area contributed by atoms with Gasteiger partial charge in [-0.05, 0) is 17.2 Å². The highest BCUT2D eigenvalue weighted by Gasteiger charge is 2.41. The number of rotatable bonds is 9. The third kappa shape index (κ3) is 7.93. The second-order valence-electron chi connectivity index (χ2n) is 6.11. The Kier molecular flexibility index (Phi) is 12.4. The van der Waals surface area contributed by atoms with Crippen LogP contribution in [0.15, 0.2) is 42.5 Å². The number of hydrogen-bond donors (Lipinski definition) is 1. The molecule has 1 aliphatic rings. The summed E-state index contributed by atoms with van der Waals surface area (Å²) in [5.41, 5.74) is 1.55. The van der Waals surface area contributed by atoms with Gasteiger partial charge in [-0.3, -0.25) is 10.1 Å². The van der Waals surface area contributed by atoms with E-state index < -0.39 is 30.5 Å². The smallest absolute Gasteiger partial charge is 0.491 e. The predicted octanol–water partition coefficient (Wildman–Crippen LogP) is 3.90. The van der Waals surface area contributed by atoms with E-state index in [2.05, 4.69) is 0 Å². The Hall–Kier alpha value is -2.49. The molecular formula is C22H31BFNO6. The molecule has 9 heteroatoms. The molecule has 170 valence electrons. The van der Waals surface area contributed by atoms with E-state index in [1.54, 1.807) is 0 Å². The maximum absolute atomic E-state index is 14.1. The topological polar surface area (TPSA) is 91.1 Å². The first-order valence-electron chi connectivity index (χ1n) is 10.6. The van der Waals surface area contributed by atoms with E-state index in [9.17, 15) is 19.5 Å². The van der Waals surface area contributed by atoms with Crippen LogP contribution in [0.25, 0.3) is 0 Å². The number of nitro groups is 1. The minimum Gasteiger partial charge on any atom is -0.491 e. The van der Waals surface area contributed by atoms with Gasteiger partial charge in [0.1, 0.15) is 6.10 Å². The second-order valence-corrected chi connectivity index (χ2v) is 6.11. The van der Waals surface area contributed by atoms with Gasteiger partial charge in [0, 0.05) is 16.8 Å². The van der Waals surface area contributed by atoms with Crippen molar-refractivity contribution in [2.75, 3.05) is 19.8 Å². The van der Waals surface area contributed by atoms with E-state index in [-0.39, 0.29) is 17.8 Å². The lowest BCUT2D eigenvalue weighted by atomic mass is 9.78. The van der Waals surface area contributed by atoms with E-state index in [1.165, 1.54) is 6.07 Å². The number of ether oxygens (including phenoxy) is 2. The Morgan fingerprint density at radius 1 is 1.13 bits per heavy atom. The zero-order valence-corrected chi connectivity index (χ0v) is 18.5. The number of halogens is 1. The molecule has 7 nitrogen and oxygen atoms in total. The van der Waals surface area contributed by atoms with Gasteiger partial charge in [0.15, 0.2) is 11.6 Å². The monoisotopic (exact) mass is 435 g/mol. The summed E-state index contributed by atoms with van der Waals surface area (Å²) in [5, 5.41) is 20.7. The number of hydrogen-bond acceptors (Lipinski definition) is 6. The van der Waals surface area contributed by atoms with Crippen LogP contribution in [0.4, 0.5) is 4.39 Å². The maximum Gasteiger partial charge on any atom is 0.496 e. The van der Waals surface area contributed by atoms with Crippen molar-refractivity contribution in [3.05, 3.63) is 69.5 Å². The summed E-state index contributed by atoms with van der Waals surface area (Å²) in [6, 6.07) is 12.3. The van der Waals surface area contributed by atoms with Crippen LogP contribution in [-0.2, 0) is 16.0 Å². The molecule has 31 heavy (non-hydrogen) atoms. The molecule has 0 saturated heterocycles. The largest absolute Gasteiger partial charge is 0.496 e. The van der Waals surface area contributed by atoms with Crippen molar-refractivity contribution in [1.29, 1.82) is 0 Å². The van der Waals surface area contributed by atoms with Gasteiger partial charge < -0.3 is 19.2 Å². The zero-order valence-electron chi connectivity index (χ0n) is 18.5. The van der Waals surface area contributed by atoms with Crippen molar-refractivity contribution in [3.8, 4) is 5.75 Å². The molecule has 2 aromatic rings. The molecule has 1 unspecified atom stereocenters. The van der Waals surface area contributed by atoms with E-state index in [1.807, 2.05) is 58.0 Å². The Balaban J connectivity index is 0.00000113. The highest BCUT2D eigenvalue weighted by molar-refractivity contribution is 6.62. The maximum atomic E-state index is 14.1. The zero-order chi connectivity index (χ0) is 23.2. The normalized spacial score (nSPS) is 14.0. The van der Waals surface area contributed by atoms with E-state index in [0.29, 0.717) is 25.2 Å². The van der Waals surface area contributed by atoms with Crippen LogP contribution in [0, 0.1) is 15.9 Å². The van der Waals surface area contributed by atoms with E-state index >= 15 is 0 Å². The molecular weight excluding hydrogens is 404 g/mol. The SMILES string of the molecule is CC.CC.O=[N+]([O-])CC1OB(O)c2c1ccc(F)c2OCCCOCc1ccccc1. The predicted molar refractivity (Wildman–Crippen MR) is 119 cm³/mol. The van der Waals surface area contributed by atoms with E-state index in [0.717, 1.165) is 11.6 Å². The Morgan fingerprint density at radius 2 is 1.81 bits per heavy atom. The molecule has 0 saturated carbocycles. The highest BCUT2D eigenvalue weighted by atomic mass is 19.1. The van der Waals surface area contributed by atoms with Crippen LogP contribution in [0.2, 0.25) is 0 Å². The molecule has 3 rings (SSSR count). The van der Waals surface area contributed by atoms with Gasteiger partial charge in [0.05, 0.1) is 19.8 Å². The van der Waals surface area contributed by atoms with Gasteiger partial charge in [-0.25, -0.2) is 4.39 Å². The molecule has 0 aliphatic carbocycles. The molecule has 0 aromatic heterocycles. The fraction of sp³-hybridized carbons (Fsp3) is 0.455. The second kappa shape index (κ2) is 14.5. The molecule has 1 atom stereocenters. The molecule has 1 N–H and O–H groups in total. The van der Waals surface area contributed by atoms with Gasteiger partial charge in [-0.1, -0.05) is 64.1 Å². The first kappa shape index (κ1) is 26.6. The first-order chi connectivity index (χ1) is 15.1. The van der Waals surface area contributed by atoms with Crippen LogP contribution >= 0.6 is 0 Å². The van der Waals surface area contributed by atoms with Crippen molar-refractivity contribution >= 4 is 12.6 Å². The van der Waals surface area contributed by atoms with Crippen molar-refractivity contribution in [2.24, 2.45) is 0 Å². The summed E-state index contributed by atoms with van der Waals surface area (Å²) < 4.78 is 30.4. The van der Waals surface area contributed by atoms with Crippen molar-refractivity contribution in [1.82, 2.24) is 0 Å². The van der Waals surface area contributed by atoms with Crippen molar-refractivity contribution in [3.63, 3.8) is 0 Å². The van der Waals surface area contributed by atoms with E-state index in [4.69, 9.17) is 14.1 Å². The molecule has 0 fully saturated rings. The average Bonchev–Trinajstić information content (AvgIpc) is 3.10. The number of fused-ring (bicyclic) bond motifs is 1. The molecule has 0 radical (unpaired) electrons. The summed E-state index contributed by atoms with van der Waals surface area (Å²) in [5.74, 6) is -0.780. The van der Waals surface area contributed by atoms with Crippen LogP contribution in [-0.4, -0.2) is 36.8 Å². The summed E-state index contributed by atoms with van der Waals surface area (Å²) in [6.45, 7) is 8.57. The van der Waals surface area contributed by atoms with Gasteiger partial charge >= 0.3 is 7.12 Å². The van der Waals surface area contributed by atoms with Gasteiger partial charge in [-0.2, -0.15) is 0 Å². The van der Waals surface area contributed by atoms with Gasteiger partial charge in [0.25, 0.3) is 0 Å². The Bertz CT molecular complexity index is 793. The van der Waals surface area contributed by atoms with Crippen LogP contribution in [0.5, 0.6) is 5.75 Å². The standard InChI is InChI=1S/C18H19BFNO6.2C2H6/c20-15-8-7-14-16(11-21(23)24)27-19(22)17(14)18(15)26-10-4-9-25-12-13-5-2-1-3-6-13;2*1-2/h1-3,5-8,16,22H,4,9-12H2;2*1-2H3. The molecule has 2 aromatic carbocycles. The molecule has 0 spiro atoms. The number of benzene rings is 2. The highest BCUT2D eigenvalue weighted by Crippen LogP contribution is 2.29. The summed E-state index contributed by atoms with van der Waals surface area (Å²) in [6.07, 6.45) is -0.409. The first-order valence-corrected chi connectivity index (χ1v) is 10.6. The Morgan fingerprint density at radius 3 is 2.45 bits per heavy atom. The lowest BCUT2D eigenvalue weighted by molar-refractivity contribution is -0.490. The van der Waals surface area contributed by atoms with Crippen LogP contribution in [0.1, 0.15) is 51.3 Å². The van der Waals surface area contributed by atoms with Gasteiger partial charge in [0.2, 0.25) is 6.54 Å². The third-order valence-corrected chi connectivity index (χ3v) is 4.17. The molecule has 0 amide bonds.